The Bertz CT molecular complexity index is 668. The molecule has 0 aliphatic rings. The number of amides is 1. The van der Waals surface area contributed by atoms with Crippen LogP contribution in [0.3, 0.4) is 0 Å². The Hall–Kier alpha value is -1.74. The molecular weight excluding hydrogens is 354 g/mol. The summed E-state index contributed by atoms with van der Waals surface area (Å²) in [6, 6.07) is 2.88. The van der Waals surface area contributed by atoms with Crippen molar-refractivity contribution in [2.45, 2.75) is 26.2 Å². The van der Waals surface area contributed by atoms with Crippen molar-refractivity contribution in [3.05, 3.63) is 29.8 Å². The predicted octanol–water partition coefficient (Wildman–Crippen LogP) is 2.05. The number of nitrogens with zero attached hydrogens (tertiary/aromatic N) is 1. The third-order valence-corrected chi connectivity index (χ3v) is 4.54. The van der Waals surface area contributed by atoms with Gasteiger partial charge in [-0.15, -0.1) is 0 Å². The number of carbonyl (C=O) groups is 1. The Labute approximate surface area is 147 Å². The summed E-state index contributed by atoms with van der Waals surface area (Å²) in [7, 11) is -3.68. The second kappa shape index (κ2) is 10.3. The van der Waals surface area contributed by atoms with E-state index in [1.165, 1.54) is 6.07 Å². The van der Waals surface area contributed by atoms with E-state index in [2.05, 4.69) is 5.32 Å². The monoisotopic (exact) mass is 378 g/mol. The number of anilines is 1. The number of sulfonamides is 1. The zero-order valence-electron chi connectivity index (χ0n) is 14.4. The SMILES string of the molecule is CCOCCCNC(=O)CCCN(c1ccc(F)c(F)c1)S(C)(=O)=O. The van der Waals surface area contributed by atoms with Gasteiger partial charge in [-0.1, -0.05) is 0 Å². The topological polar surface area (TPSA) is 75.7 Å². The fourth-order valence-corrected chi connectivity index (χ4v) is 3.10. The molecule has 1 aromatic carbocycles. The van der Waals surface area contributed by atoms with Crippen LogP contribution in [0.5, 0.6) is 0 Å². The molecule has 0 unspecified atom stereocenters. The van der Waals surface area contributed by atoms with Gasteiger partial charge in [0.1, 0.15) is 0 Å². The molecule has 0 fully saturated rings. The first-order valence-electron chi connectivity index (χ1n) is 8.03. The standard InChI is InChI=1S/C16H24F2N2O4S/c1-3-24-11-5-9-19-16(21)6-4-10-20(25(2,22)23)13-7-8-14(17)15(18)12-13/h7-8,12H,3-6,9-11H2,1-2H3,(H,19,21). The summed E-state index contributed by atoms with van der Waals surface area (Å²) in [5.41, 5.74) is 0.0264. The molecular formula is C16H24F2N2O4S. The fourth-order valence-electron chi connectivity index (χ4n) is 2.14. The zero-order valence-corrected chi connectivity index (χ0v) is 15.2. The van der Waals surface area contributed by atoms with Gasteiger partial charge < -0.3 is 10.1 Å². The lowest BCUT2D eigenvalue weighted by atomic mass is 10.2. The van der Waals surface area contributed by atoms with Crippen LogP contribution in [-0.2, 0) is 19.6 Å². The smallest absolute Gasteiger partial charge is 0.232 e. The maximum atomic E-state index is 13.3. The van der Waals surface area contributed by atoms with E-state index < -0.39 is 21.7 Å². The first-order chi connectivity index (χ1) is 11.8. The number of ether oxygens (including phenoxy) is 1. The quantitative estimate of drug-likeness (QED) is 0.598. The lowest BCUT2D eigenvalue weighted by molar-refractivity contribution is -0.121. The molecule has 1 rings (SSSR count). The summed E-state index contributed by atoms with van der Waals surface area (Å²) in [4.78, 5) is 11.7. The Kier molecular flexibility index (Phi) is 8.77. The van der Waals surface area contributed by atoms with E-state index in [0.717, 1.165) is 22.7 Å². The van der Waals surface area contributed by atoms with Crippen LogP contribution in [-0.4, -0.2) is 46.9 Å². The molecule has 9 heteroatoms. The van der Waals surface area contributed by atoms with Crippen LogP contribution in [0.1, 0.15) is 26.2 Å². The van der Waals surface area contributed by atoms with Crippen molar-refractivity contribution >= 4 is 21.6 Å². The highest BCUT2D eigenvalue weighted by molar-refractivity contribution is 7.92. The normalized spacial score (nSPS) is 11.4. The molecule has 0 atom stereocenters. The Morgan fingerprint density at radius 3 is 2.56 bits per heavy atom. The summed E-state index contributed by atoms with van der Waals surface area (Å²) < 4.78 is 56.2. The van der Waals surface area contributed by atoms with Crippen molar-refractivity contribution in [2.75, 3.05) is 36.9 Å². The molecule has 1 aromatic rings. The largest absolute Gasteiger partial charge is 0.382 e. The average molecular weight is 378 g/mol. The summed E-state index contributed by atoms with van der Waals surface area (Å²) in [5, 5.41) is 2.71. The molecule has 0 spiro atoms. The van der Waals surface area contributed by atoms with Crippen molar-refractivity contribution in [3.8, 4) is 0 Å². The van der Waals surface area contributed by atoms with Crippen molar-refractivity contribution < 1.29 is 26.7 Å². The molecule has 0 radical (unpaired) electrons. The highest BCUT2D eigenvalue weighted by Crippen LogP contribution is 2.21. The molecule has 0 saturated heterocycles. The number of carbonyl (C=O) groups excluding carboxylic acids is 1. The molecule has 6 nitrogen and oxygen atoms in total. The van der Waals surface area contributed by atoms with Gasteiger partial charge in [-0.2, -0.15) is 0 Å². The van der Waals surface area contributed by atoms with Crippen molar-refractivity contribution in [3.63, 3.8) is 0 Å². The molecule has 0 aliphatic heterocycles. The van der Waals surface area contributed by atoms with Gasteiger partial charge in [-0.25, -0.2) is 17.2 Å². The van der Waals surface area contributed by atoms with Gasteiger partial charge in [-0.05, 0) is 31.9 Å². The highest BCUT2D eigenvalue weighted by Gasteiger charge is 2.19. The zero-order chi connectivity index (χ0) is 18.9. The van der Waals surface area contributed by atoms with E-state index in [0.29, 0.717) is 26.2 Å². The van der Waals surface area contributed by atoms with Crippen LogP contribution in [0.2, 0.25) is 0 Å². The molecule has 0 heterocycles. The number of rotatable bonds is 11. The molecule has 1 amide bonds. The van der Waals surface area contributed by atoms with E-state index in [-0.39, 0.29) is 31.0 Å². The van der Waals surface area contributed by atoms with E-state index in [9.17, 15) is 22.0 Å². The molecule has 25 heavy (non-hydrogen) atoms. The molecule has 0 bridgehead atoms. The van der Waals surface area contributed by atoms with E-state index >= 15 is 0 Å². The number of halogens is 2. The lowest BCUT2D eigenvalue weighted by Crippen LogP contribution is -2.32. The molecule has 1 N–H and O–H groups in total. The minimum absolute atomic E-state index is 0.00370. The summed E-state index contributed by atoms with van der Waals surface area (Å²) >= 11 is 0. The van der Waals surface area contributed by atoms with Crippen LogP contribution >= 0.6 is 0 Å². The van der Waals surface area contributed by atoms with Gasteiger partial charge in [0.25, 0.3) is 0 Å². The van der Waals surface area contributed by atoms with Gasteiger partial charge in [0, 0.05) is 38.8 Å². The van der Waals surface area contributed by atoms with E-state index in [4.69, 9.17) is 4.74 Å². The highest BCUT2D eigenvalue weighted by atomic mass is 32.2. The van der Waals surface area contributed by atoms with Gasteiger partial charge in [0.05, 0.1) is 11.9 Å². The molecule has 0 aromatic heterocycles. The van der Waals surface area contributed by atoms with Crippen LogP contribution in [0.25, 0.3) is 0 Å². The first kappa shape index (κ1) is 21.3. The molecule has 142 valence electrons. The molecule has 0 aliphatic carbocycles. The van der Waals surface area contributed by atoms with Crippen molar-refractivity contribution in [2.24, 2.45) is 0 Å². The fraction of sp³-hybridized carbons (Fsp3) is 0.562. The number of nitrogens with one attached hydrogen (secondary N) is 1. The Balaban J connectivity index is 2.52. The maximum absolute atomic E-state index is 13.3. The third kappa shape index (κ3) is 7.78. The van der Waals surface area contributed by atoms with Crippen molar-refractivity contribution in [1.29, 1.82) is 0 Å². The summed E-state index contributed by atoms with van der Waals surface area (Å²) in [5.74, 6) is -2.38. The minimum Gasteiger partial charge on any atom is -0.382 e. The van der Waals surface area contributed by atoms with Gasteiger partial charge in [0.15, 0.2) is 11.6 Å². The van der Waals surface area contributed by atoms with Crippen LogP contribution in [0.4, 0.5) is 14.5 Å². The number of benzene rings is 1. The Morgan fingerprint density at radius 2 is 1.96 bits per heavy atom. The number of hydrogen-bond donors (Lipinski definition) is 1. The minimum atomic E-state index is -3.68. The van der Waals surface area contributed by atoms with Crippen LogP contribution in [0.15, 0.2) is 18.2 Å². The van der Waals surface area contributed by atoms with Gasteiger partial charge >= 0.3 is 0 Å². The second-order valence-electron chi connectivity index (χ2n) is 5.44. The van der Waals surface area contributed by atoms with E-state index in [1.807, 2.05) is 6.92 Å². The first-order valence-corrected chi connectivity index (χ1v) is 9.87. The average Bonchev–Trinajstić information content (AvgIpc) is 2.53. The lowest BCUT2D eigenvalue weighted by Gasteiger charge is -2.22. The van der Waals surface area contributed by atoms with Crippen LogP contribution < -0.4 is 9.62 Å². The summed E-state index contributed by atoms with van der Waals surface area (Å²) in [6.45, 7) is 3.56. The third-order valence-electron chi connectivity index (χ3n) is 3.35. The Morgan fingerprint density at radius 1 is 1.24 bits per heavy atom. The van der Waals surface area contributed by atoms with Crippen LogP contribution in [0, 0.1) is 11.6 Å². The van der Waals surface area contributed by atoms with E-state index in [1.54, 1.807) is 0 Å². The van der Waals surface area contributed by atoms with Gasteiger partial charge in [0.2, 0.25) is 15.9 Å². The predicted molar refractivity (Wildman–Crippen MR) is 91.9 cm³/mol. The summed E-state index contributed by atoms with van der Waals surface area (Å²) in [6.07, 6.45) is 2.06. The number of hydrogen-bond acceptors (Lipinski definition) is 4. The van der Waals surface area contributed by atoms with Crippen molar-refractivity contribution in [1.82, 2.24) is 5.32 Å². The second-order valence-corrected chi connectivity index (χ2v) is 7.34. The maximum Gasteiger partial charge on any atom is 0.232 e. The van der Waals surface area contributed by atoms with Gasteiger partial charge in [-0.3, -0.25) is 9.10 Å². The molecule has 0 saturated carbocycles.